The number of amides is 3. The van der Waals surface area contributed by atoms with Crippen molar-refractivity contribution in [3.8, 4) is 0 Å². The Bertz CT molecular complexity index is 630. The standard InChI is InChI=1S/C28H54N4O5/c1-3-4-5-6-7-8-9-10-11-12-13-14-15-16-17-18-21-30-23(2)27(36)32-24(19-20-25(29)33)28(37)31-22-26(34)35/h23-24,30H,3-22H2,1-2H3,(H2,29,33)(H,31,37)(H,32,36)(H,34,35)/t23-,24+/m0/s1. The number of primary amides is 1. The van der Waals surface area contributed by atoms with E-state index in [0.29, 0.717) is 6.54 Å². The number of carboxylic acids is 1. The summed E-state index contributed by atoms with van der Waals surface area (Å²) in [6.07, 6.45) is 20.9. The van der Waals surface area contributed by atoms with Crippen LogP contribution in [0.1, 0.15) is 129 Å². The maximum absolute atomic E-state index is 12.5. The molecule has 0 aromatic carbocycles. The molecule has 37 heavy (non-hydrogen) atoms. The molecule has 0 saturated heterocycles. The smallest absolute Gasteiger partial charge is 0.322 e. The quantitative estimate of drug-likeness (QED) is 0.107. The molecule has 216 valence electrons. The Morgan fingerprint density at radius 1 is 0.730 bits per heavy atom. The minimum absolute atomic E-state index is 0.0123. The second-order valence-corrected chi connectivity index (χ2v) is 10.2. The highest BCUT2D eigenvalue weighted by molar-refractivity contribution is 5.91. The van der Waals surface area contributed by atoms with Crippen LogP contribution in [0.25, 0.3) is 0 Å². The van der Waals surface area contributed by atoms with Gasteiger partial charge in [-0.3, -0.25) is 19.2 Å². The maximum atomic E-state index is 12.5. The summed E-state index contributed by atoms with van der Waals surface area (Å²) < 4.78 is 0. The van der Waals surface area contributed by atoms with Gasteiger partial charge in [-0.1, -0.05) is 103 Å². The number of carbonyl (C=O) groups excluding carboxylic acids is 3. The number of nitrogens with one attached hydrogen (secondary N) is 3. The van der Waals surface area contributed by atoms with E-state index in [4.69, 9.17) is 10.8 Å². The zero-order valence-electron chi connectivity index (χ0n) is 23.5. The third-order valence-corrected chi connectivity index (χ3v) is 6.60. The molecule has 0 aliphatic carbocycles. The van der Waals surface area contributed by atoms with Crippen molar-refractivity contribution < 1.29 is 24.3 Å². The van der Waals surface area contributed by atoms with Crippen LogP contribution in [-0.4, -0.2) is 54.0 Å². The van der Waals surface area contributed by atoms with Crippen molar-refractivity contribution in [2.75, 3.05) is 13.1 Å². The molecule has 0 aromatic rings. The zero-order valence-corrected chi connectivity index (χ0v) is 23.5. The molecule has 0 spiro atoms. The Balaban J connectivity index is 3.81. The van der Waals surface area contributed by atoms with Crippen LogP contribution in [0, 0.1) is 0 Å². The van der Waals surface area contributed by atoms with E-state index in [9.17, 15) is 19.2 Å². The van der Waals surface area contributed by atoms with Gasteiger partial charge in [-0.2, -0.15) is 0 Å². The molecule has 9 heteroatoms. The highest BCUT2D eigenvalue weighted by atomic mass is 16.4. The SMILES string of the molecule is CCCCCCCCCCCCCCCCCCN[C@@H](C)C(=O)N[C@H](CCC(N)=O)C(=O)NCC(=O)O. The van der Waals surface area contributed by atoms with Crippen LogP contribution in [0.5, 0.6) is 0 Å². The van der Waals surface area contributed by atoms with Gasteiger partial charge in [-0.25, -0.2) is 0 Å². The number of hydrogen-bond acceptors (Lipinski definition) is 5. The van der Waals surface area contributed by atoms with Crippen LogP contribution in [0.3, 0.4) is 0 Å². The first kappa shape index (κ1) is 34.8. The van der Waals surface area contributed by atoms with Crippen LogP contribution < -0.4 is 21.7 Å². The van der Waals surface area contributed by atoms with Crippen molar-refractivity contribution in [3.63, 3.8) is 0 Å². The van der Waals surface area contributed by atoms with Crippen molar-refractivity contribution in [2.24, 2.45) is 5.73 Å². The van der Waals surface area contributed by atoms with Crippen LogP contribution in [-0.2, 0) is 19.2 Å². The molecule has 0 saturated carbocycles. The van der Waals surface area contributed by atoms with Gasteiger partial charge in [-0.05, 0) is 26.3 Å². The van der Waals surface area contributed by atoms with Crippen LogP contribution in [0.15, 0.2) is 0 Å². The number of hydrogen-bond donors (Lipinski definition) is 5. The monoisotopic (exact) mass is 526 g/mol. The molecule has 0 bridgehead atoms. The van der Waals surface area contributed by atoms with Crippen molar-refractivity contribution >= 4 is 23.7 Å². The maximum Gasteiger partial charge on any atom is 0.322 e. The second-order valence-electron chi connectivity index (χ2n) is 10.2. The van der Waals surface area contributed by atoms with Crippen molar-refractivity contribution in [1.82, 2.24) is 16.0 Å². The average molecular weight is 527 g/mol. The second kappa shape index (κ2) is 24.2. The fourth-order valence-electron chi connectivity index (χ4n) is 4.22. The lowest BCUT2D eigenvalue weighted by Gasteiger charge is -2.20. The molecule has 0 aliphatic heterocycles. The Labute approximate surface area is 224 Å². The number of aliphatic carboxylic acids is 1. The summed E-state index contributed by atoms with van der Waals surface area (Å²) in [4.78, 5) is 46.4. The summed E-state index contributed by atoms with van der Waals surface area (Å²) in [6.45, 7) is 4.11. The summed E-state index contributed by atoms with van der Waals surface area (Å²) in [5.41, 5.74) is 5.14. The van der Waals surface area contributed by atoms with Gasteiger partial charge in [-0.15, -0.1) is 0 Å². The van der Waals surface area contributed by atoms with Crippen molar-refractivity contribution in [2.45, 2.75) is 142 Å². The number of unbranched alkanes of at least 4 members (excludes halogenated alkanes) is 15. The summed E-state index contributed by atoms with van der Waals surface area (Å²) in [5, 5.41) is 16.7. The van der Waals surface area contributed by atoms with E-state index in [2.05, 4.69) is 22.9 Å². The fraction of sp³-hybridized carbons (Fsp3) is 0.857. The number of carbonyl (C=O) groups is 4. The summed E-state index contributed by atoms with van der Waals surface area (Å²) in [5.74, 6) is -2.82. The van der Waals surface area contributed by atoms with Gasteiger partial charge in [0.2, 0.25) is 17.7 Å². The molecule has 9 nitrogen and oxygen atoms in total. The summed E-state index contributed by atoms with van der Waals surface area (Å²) >= 11 is 0. The first-order valence-corrected chi connectivity index (χ1v) is 14.6. The van der Waals surface area contributed by atoms with E-state index in [1.54, 1.807) is 6.92 Å². The molecule has 2 atom stereocenters. The van der Waals surface area contributed by atoms with Gasteiger partial charge in [0.15, 0.2) is 0 Å². The molecule has 0 heterocycles. The molecular formula is C28H54N4O5. The third-order valence-electron chi connectivity index (χ3n) is 6.60. The van der Waals surface area contributed by atoms with Crippen LogP contribution in [0.4, 0.5) is 0 Å². The van der Waals surface area contributed by atoms with E-state index in [1.807, 2.05) is 0 Å². The van der Waals surface area contributed by atoms with Crippen LogP contribution in [0.2, 0.25) is 0 Å². The minimum Gasteiger partial charge on any atom is -0.480 e. The van der Waals surface area contributed by atoms with Gasteiger partial charge in [0, 0.05) is 6.42 Å². The van der Waals surface area contributed by atoms with Crippen molar-refractivity contribution in [3.05, 3.63) is 0 Å². The lowest BCUT2D eigenvalue weighted by atomic mass is 10.0. The fourth-order valence-corrected chi connectivity index (χ4v) is 4.22. The van der Waals surface area contributed by atoms with Crippen molar-refractivity contribution in [1.29, 1.82) is 0 Å². The first-order chi connectivity index (χ1) is 17.8. The first-order valence-electron chi connectivity index (χ1n) is 14.6. The van der Waals surface area contributed by atoms with Gasteiger partial charge < -0.3 is 26.8 Å². The van der Waals surface area contributed by atoms with Gasteiger partial charge in [0.25, 0.3) is 0 Å². The molecule has 0 rings (SSSR count). The number of carboxylic acid groups (broad SMARTS) is 1. The Morgan fingerprint density at radius 3 is 1.62 bits per heavy atom. The van der Waals surface area contributed by atoms with E-state index >= 15 is 0 Å². The lowest BCUT2D eigenvalue weighted by Crippen LogP contribution is -2.52. The third kappa shape index (κ3) is 22.7. The minimum atomic E-state index is -1.19. The van der Waals surface area contributed by atoms with Gasteiger partial charge >= 0.3 is 5.97 Å². The lowest BCUT2D eigenvalue weighted by molar-refractivity contribution is -0.138. The molecule has 0 unspecified atom stereocenters. The normalized spacial score (nSPS) is 12.6. The molecular weight excluding hydrogens is 472 g/mol. The Hall–Kier alpha value is -2.16. The van der Waals surface area contributed by atoms with E-state index in [0.717, 1.165) is 12.8 Å². The predicted octanol–water partition coefficient (Wildman–Crippen LogP) is 4.18. The average Bonchev–Trinajstić information content (AvgIpc) is 2.86. The largest absolute Gasteiger partial charge is 0.480 e. The van der Waals surface area contributed by atoms with E-state index in [-0.39, 0.29) is 18.7 Å². The highest BCUT2D eigenvalue weighted by Crippen LogP contribution is 2.13. The Morgan fingerprint density at radius 2 is 1.19 bits per heavy atom. The molecule has 6 N–H and O–H groups in total. The van der Waals surface area contributed by atoms with Gasteiger partial charge in [0.1, 0.15) is 12.6 Å². The number of nitrogens with two attached hydrogens (primary N) is 1. The van der Waals surface area contributed by atoms with Crippen LogP contribution >= 0.6 is 0 Å². The van der Waals surface area contributed by atoms with Gasteiger partial charge in [0.05, 0.1) is 6.04 Å². The Kier molecular flexibility index (Phi) is 22.8. The summed E-state index contributed by atoms with van der Waals surface area (Å²) in [7, 11) is 0. The molecule has 0 aromatic heterocycles. The number of rotatable bonds is 26. The van der Waals surface area contributed by atoms with E-state index < -0.39 is 36.4 Å². The highest BCUT2D eigenvalue weighted by Gasteiger charge is 2.24. The topological polar surface area (TPSA) is 151 Å². The van der Waals surface area contributed by atoms with E-state index in [1.165, 1.54) is 89.9 Å². The zero-order chi connectivity index (χ0) is 27.7. The molecule has 0 aliphatic rings. The molecule has 3 amide bonds. The predicted molar refractivity (Wildman–Crippen MR) is 148 cm³/mol. The summed E-state index contributed by atoms with van der Waals surface area (Å²) in [6, 6.07) is -1.53. The molecule has 0 radical (unpaired) electrons. The molecule has 0 fully saturated rings.